The van der Waals surface area contributed by atoms with E-state index in [1.165, 1.54) is 0 Å². The lowest BCUT2D eigenvalue weighted by Gasteiger charge is -2.32. The SMILES string of the molecule is COc1cc(OC)cc(C(=O)N2CCCC(Oc3ccc(N(C)C)nn3)C2)c1. The van der Waals surface area contributed by atoms with Crippen molar-refractivity contribution in [3.63, 3.8) is 0 Å². The van der Waals surface area contributed by atoms with Gasteiger partial charge in [0.05, 0.1) is 20.8 Å². The molecule has 3 rings (SSSR count). The van der Waals surface area contributed by atoms with Crippen LogP contribution in [0.3, 0.4) is 0 Å². The summed E-state index contributed by atoms with van der Waals surface area (Å²) in [6.07, 6.45) is 1.60. The Labute approximate surface area is 165 Å². The van der Waals surface area contributed by atoms with E-state index in [0.717, 1.165) is 18.7 Å². The van der Waals surface area contributed by atoms with Crippen molar-refractivity contribution in [1.82, 2.24) is 15.1 Å². The van der Waals surface area contributed by atoms with Crippen molar-refractivity contribution in [1.29, 1.82) is 0 Å². The molecule has 1 aliphatic heterocycles. The highest BCUT2D eigenvalue weighted by Crippen LogP contribution is 2.25. The molecule has 28 heavy (non-hydrogen) atoms. The smallest absolute Gasteiger partial charge is 0.254 e. The highest BCUT2D eigenvalue weighted by molar-refractivity contribution is 5.95. The van der Waals surface area contributed by atoms with Gasteiger partial charge in [-0.15, -0.1) is 10.2 Å². The van der Waals surface area contributed by atoms with Crippen LogP contribution in [0.4, 0.5) is 5.82 Å². The number of hydrogen-bond acceptors (Lipinski definition) is 7. The molecule has 1 aromatic heterocycles. The molecular weight excluding hydrogens is 360 g/mol. The van der Waals surface area contributed by atoms with Crippen LogP contribution in [0.2, 0.25) is 0 Å². The summed E-state index contributed by atoms with van der Waals surface area (Å²) in [5.41, 5.74) is 0.534. The summed E-state index contributed by atoms with van der Waals surface area (Å²) in [5, 5.41) is 8.24. The van der Waals surface area contributed by atoms with Crippen LogP contribution in [0.15, 0.2) is 30.3 Å². The third-order valence-corrected chi connectivity index (χ3v) is 4.64. The van der Waals surface area contributed by atoms with Gasteiger partial charge in [-0.2, -0.15) is 0 Å². The van der Waals surface area contributed by atoms with Crippen molar-refractivity contribution < 1.29 is 19.0 Å². The molecule has 1 fully saturated rings. The molecule has 0 spiro atoms. The third kappa shape index (κ3) is 4.62. The summed E-state index contributed by atoms with van der Waals surface area (Å²) in [5.74, 6) is 2.33. The van der Waals surface area contributed by atoms with Gasteiger partial charge in [-0.05, 0) is 31.0 Å². The third-order valence-electron chi connectivity index (χ3n) is 4.64. The van der Waals surface area contributed by atoms with Crippen LogP contribution < -0.4 is 19.1 Å². The standard InChI is InChI=1S/C20H26N4O4/c1-23(2)18-7-8-19(22-21-18)28-15-6-5-9-24(13-15)20(25)14-10-16(26-3)12-17(11-14)27-4/h7-8,10-12,15H,5-6,9,13H2,1-4H3. The van der Waals surface area contributed by atoms with Crippen LogP contribution in [0.5, 0.6) is 17.4 Å². The van der Waals surface area contributed by atoms with Gasteiger partial charge in [-0.25, -0.2) is 0 Å². The van der Waals surface area contributed by atoms with Crippen LogP contribution in [0.1, 0.15) is 23.2 Å². The van der Waals surface area contributed by atoms with Crippen LogP contribution >= 0.6 is 0 Å². The fourth-order valence-electron chi connectivity index (χ4n) is 3.12. The molecule has 1 aromatic carbocycles. The number of carbonyl (C=O) groups is 1. The van der Waals surface area contributed by atoms with Gasteiger partial charge in [-0.3, -0.25) is 4.79 Å². The summed E-state index contributed by atoms with van der Waals surface area (Å²) >= 11 is 0. The van der Waals surface area contributed by atoms with Crippen molar-refractivity contribution in [2.75, 3.05) is 46.3 Å². The molecule has 2 heterocycles. The second-order valence-electron chi connectivity index (χ2n) is 6.86. The second-order valence-corrected chi connectivity index (χ2v) is 6.86. The lowest BCUT2D eigenvalue weighted by Crippen LogP contribution is -2.44. The molecule has 0 bridgehead atoms. The van der Waals surface area contributed by atoms with Gasteiger partial charge in [0, 0.05) is 38.3 Å². The van der Waals surface area contributed by atoms with E-state index in [2.05, 4.69) is 10.2 Å². The van der Waals surface area contributed by atoms with Crippen molar-refractivity contribution >= 4 is 11.7 Å². The average Bonchev–Trinajstić information content (AvgIpc) is 2.73. The molecule has 0 saturated carbocycles. The molecular formula is C20H26N4O4. The Morgan fingerprint density at radius 2 is 1.82 bits per heavy atom. The minimum atomic E-state index is -0.121. The Hall–Kier alpha value is -3.03. The van der Waals surface area contributed by atoms with Gasteiger partial charge >= 0.3 is 0 Å². The van der Waals surface area contributed by atoms with Crippen molar-refractivity contribution in [3.8, 4) is 17.4 Å². The number of amides is 1. The first-order valence-electron chi connectivity index (χ1n) is 9.20. The van der Waals surface area contributed by atoms with E-state index < -0.39 is 0 Å². The fourth-order valence-corrected chi connectivity index (χ4v) is 3.12. The number of nitrogens with zero attached hydrogens (tertiary/aromatic N) is 4. The van der Waals surface area contributed by atoms with E-state index in [9.17, 15) is 4.79 Å². The maximum atomic E-state index is 13.0. The molecule has 8 nitrogen and oxygen atoms in total. The fraction of sp³-hybridized carbons (Fsp3) is 0.450. The molecule has 1 aliphatic rings. The predicted molar refractivity (Wildman–Crippen MR) is 105 cm³/mol. The first-order chi connectivity index (χ1) is 13.5. The minimum absolute atomic E-state index is 0.0699. The van der Waals surface area contributed by atoms with Crippen molar-refractivity contribution in [2.24, 2.45) is 0 Å². The Bertz CT molecular complexity index is 788. The summed E-state index contributed by atoms with van der Waals surface area (Å²) in [6, 6.07) is 8.85. The van der Waals surface area contributed by atoms with E-state index in [0.29, 0.717) is 36.0 Å². The molecule has 1 saturated heterocycles. The highest BCUT2D eigenvalue weighted by atomic mass is 16.5. The van der Waals surface area contributed by atoms with E-state index in [-0.39, 0.29) is 12.0 Å². The summed E-state index contributed by atoms with van der Waals surface area (Å²) in [7, 11) is 6.94. The Morgan fingerprint density at radius 1 is 1.11 bits per heavy atom. The second kappa shape index (κ2) is 8.77. The van der Waals surface area contributed by atoms with Gasteiger partial charge < -0.3 is 24.0 Å². The number of carbonyl (C=O) groups excluding carboxylic acids is 1. The molecule has 0 N–H and O–H groups in total. The summed E-state index contributed by atoms with van der Waals surface area (Å²) in [4.78, 5) is 16.7. The number of piperidine rings is 1. The number of rotatable bonds is 6. The largest absolute Gasteiger partial charge is 0.497 e. The zero-order valence-corrected chi connectivity index (χ0v) is 16.7. The molecule has 8 heteroatoms. The van der Waals surface area contributed by atoms with Gasteiger partial charge in [0.25, 0.3) is 5.91 Å². The Balaban J connectivity index is 1.68. The summed E-state index contributed by atoms with van der Waals surface area (Å²) < 4.78 is 16.5. The van der Waals surface area contributed by atoms with Crippen LogP contribution in [0, 0.1) is 0 Å². The van der Waals surface area contributed by atoms with E-state index in [1.807, 2.05) is 25.1 Å². The van der Waals surface area contributed by atoms with Crippen LogP contribution in [-0.2, 0) is 0 Å². The number of benzene rings is 1. The van der Waals surface area contributed by atoms with Gasteiger partial charge in [0.2, 0.25) is 5.88 Å². The number of likely N-dealkylation sites (tertiary alicyclic amines) is 1. The van der Waals surface area contributed by atoms with E-state index >= 15 is 0 Å². The number of anilines is 1. The molecule has 1 unspecified atom stereocenters. The van der Waals surface area contributed by atoms with Crippen LogP contribution in [0.25, 0.3) is 0 Å². The van der Waals surface area contributed by atoms with E-state index in [1.54, 1.807) is 43.4 Å². The zero-order valence-electron chi connectivity index (χ0n) is 16.7. The van der Waals surface area contributed by atoms with Crippen molar-refractivity contribution in [2.45, 2.75) is 18.9 Å². The Morgan fingerprint density at radius 3 is 2.39 bits per heavy atom. The van der Waals surface area contributed by atoms with Crippen LogP contribution in [-0.4, -0.2) is 68.5 Å². The maximum Gasteiger partial charge on any atom is 0.254 e. The predicted octanol–water partition coefficient (Wildman–Crippen LogP) is 2.24. The first-order valence-corrected chi connectivity index (χ1v) is 9.20. The lowest BCUT2D eigenvalue weighted by molar-refractivity contribution is 0.0525. The lowest BCUT2D eigenvalue weighted by atomic mass is 10.1. The number of ether oxygens (including phenoxy) is 3. The molecule has 0 aliphatic carbocycles. The maximum absolute atomic E-state index is 13.0. The number of aromatic nitrogens is 2. The Kier molecular flexibility index (Phi) is 6.18. The molecule has 2 aromatic rings. The minimum Gasteiger partial charge on any atom is -0.497 e. The van der Waals surface area contributed by atoms with Gasteiger partial charge in [0.15, 0.2) is 5.82 Å². The normalized spacial score (nSPS) is 16.4. The van der Waals surface area contributed by atoms with E-state index in [4.69, 9.17) is 14.2 Å². The molecule has 0 radical (unpaired) electrons. The number of methoxy groups -OCH3 is 2. The van der Waals surface area contributed by atoms with Crippen molar-refractivity contribution in [3.05, 3.63) is 35.9 Å². The highest BCUT2D eigenvalue weighted by Gasteiger charge is 2.26. The first kappa shape index (κ1) is 19.7. The topological polar surface area (TPSA) is 77.0 Å². The quantitative estimate of drug-likeness (QED) is 0.753. The van der Waals surface area contributed by atoms with Gasteiger partial charge in [0.1, 0.15) is 17.6 Å². The molecule has 1 atom stereocenters. The monoisotopic (exact) mass is 386 g/mol. The van der Waals surface area contributed by atoms with Gasteiger partial charge in [-0.1, -0.05) is 0 Å². The molecule has 150 valence electrons. The summed E-state index contributed by atoms with van der Waals surface area (Å²) in [6.45, 7) is 1.18. The zero-order chi connectivity index (χ0) is 20.1. The number of hydrogen-bond donors (Lipinski definition) is 0. The molecule has 1 amide bonds. The average molecular weight is 386 g/mol.